The van der Waals surface area contributed by atoms with Gasteiger partial charge in [0.15, 0.2) is 0 Å². The normalized spacial score (nSPS) is 13.7. The number of benzene rings is 3. The summed E-state index contributed by atoms with van der Waals surface area (Å²) >= 11 is 0. The van der Waals surface area contributed by atoms with E-state index in [0.717, 1.165) is 22.3 Å². The van der Waals surface area contributed by atoms with Gasteiger partial charge in [-0.05, 0) is 61.7 Å². The van der Waals surface area contributed by atoms with Gasteiger partial charge in [0.25, 0.3) is 11.8 Å². The minimum absolute atomic E-state index is 0.256. The van der Waals surface area contributed by atoms with E-state index in [4.69, 9.17) is 4.74 Å². The predicted octanol–water partition coefficient (Wildman–Crippen LogP) is 5.02. The number of aryl methyl sites for hydroxylation is 3. The Labute approximate surface area is 182 Å². The van der Waals surface area contributed by atoms with Crippen LogP contribution in [0, 0.1) is 20.8 Å². The maximum atomic E-state index is 13.6. The Morgan fingerprint density at radius 2 is 1.55 bits per heavy atom. The lowest BCUT2D eigenvalue weighted by atomic mass is 9.97. The number of imide groups is 1. The predicted molar refractivity (Wildman–Crippen MR) is 123 cm³/mol. The summed E-state index contributed by atoms with van der Waals surface area (Å²) < 4.78 is 5.30. The van der Waals surface area contributed by atoms with Crippen LogP contribution in [0.3, 0.4) is 0 Å². The van der Waals surface area contributed by atoms with E-state index in [9.17, 15) is 9.59 Å². The first-order valence-electron chi connectivity index (χ1n) is 10.1. The van der Waals surface area contributed by atoms with Crippen molar-refractivity contribution in [2.75, 3.05) is 17.3 Å². The number of hydrogen-bond donors (Lipinski definition) is 1. The van der Waals surface area contributed by atoms with Crippen LogP contribution in [0.25, 0.3) is 5.57 Å². The van der Waals surface area contributed by atoms with Crippen LogP contribution >= 0.6 is 0 Å². The third-order valence-corrected chi connectivity index (χ3v) is 5.33. The van der Waals surface area contributed by atoms with Gasteiger partial charge in [-0.25, -0.2) is 4.90 Å². The van der Waals surface area contributed by atoms with Gasteiger partial charge in [-0.1, -0.05) is 42.0 Å². The fourth-order valence-electron chi connectivity index (χ4n) is 3.84. The molecular weight excluding hydrogens is 388 g/mol. The Hall–Kier alpha value is -3.86. The fraction of sp³-hybridized carbons (Fsp3) is 0.154. The molecule has 2 amide bonds. The molecule has 0 atom stereocenters. The monoisotopic (exact) mass is 412 g/mol. The molecule has 5 heteroatoms. The van der Waals surface area contributed by atoms with Gasteiger partial charge in [0.05, 0.1) is 18.4 Å². The second-order valence-corrected chi connectivity index (χ2v) is 7.71. The highest BCUT2D eigenvalue weighted by Crippen LogP contribution is 2.35. The first-order chi connectivity index (χ1) is 14.9. The zero-order valence-corrected chi connectivity index (χ0v) is 18.0. The molecule has 31 heavy (non-hydrogen) atoms. The quantitative estimate of drug-likeness (QED) is 0.598. The molecule has 156 valence electrons. The van der Waals surface area contributed by atoms with Crippen molar-refractivity contribution in [3.63, 3.8) is 0 Å². The van der Waals surface area contributed by atoms with Gasteiger partial charge in [0, 0.05) is 11.8 Å². The number of hydrogen-bond acceptors (Lipinski definition) is 4. The Balaban J connectivity index is 1.86. The summed E-state index contributed by atoms with van der Waals surface area (Å²) in [5.41, 5.74) is 5.59. The summed E-state index contributed by atoms with van der Waals surface area (Å²) in [6, 6.07) is 20.5. The van der Waals surface area contributed by atoms with Gasteiger partial charge >= 0.3 is 0 Å². The van der Waals surface area contributed by atoms with Gasteiger partial charge < -0.3 is 10.1 Å². The first kappa shape index (κ1) is 20.4. The highest BCUT2D eigenvalue weighted by atomic mass is 16.5. The second kappa shape index (κ2) is 8.11. The number of anilines is 2. The van der Waals surface area contributed by atoms with Crippen LogP contribution in [-0.4, -0.2) is 18.9 Å². The molecule has 0 aromatic heterocycles. The van der Waals surface area contributed by atoms with Crippen molar-refractivity contribution in [2.45, 2.75) is 20.8 Å². The van der Waals surface area contributed by atoms with E-state index in [0.29, 0.717) is 22.7 Å². The van der Waals surface area contributed by atoms with Crippen molar-refractivity contribution in [1.29, 1.82) is 0 Å². The molecule has 5 nitrogen and oxygen atoms in total. The second-order valence-electron chi connectivity index (χ2n) is 7.71. The minimum Gasteiger partial charge on any atom is -0.497 e. The maximum Gasteiger partial charge on any atom is 0.282 e. The summed E-state index contributed by atoms with van der Waals surface area (Å²) in [7, 11) is 1.59. The molecule has 1 N–H and O–H groups in total. The molecule has 0 bridgehead atoms. The average molecular weight is 412 g/mol. The van der Waals surface area contributed by atoms with Crippen molar-refractivity contribution in [1.82, 2.24) is 0 Å². The fourth-order valence-corrected chi connectivity index (χ4v) is 3.84. The third-order valence-electron chi connectivity index (χ3n) is 5.33. The average Bonchev–Trinajstić information content (AvgIpc) is 2.98. The van der Waals surface area contributed by atoms with E-state index in [1.807, 2.05) is 75.4 Å². The lowest BCUT2D eigenvalue weighted by Gasteiger charge is -2.16. The molecular formula is C26H24N2O3. The molecule has 3 aromatic rings. The molecule has 0 unspecified atom stereocenters. The van der Waals surface area contributed by atoms with E-state index in [1.165, 1.54) is 4.90 Å². The van der Waals surface area contributed by atoms with Crippen molar-refractivity contribution >= 4 is 28.8 Å². The van der Waals surface area contributed by atoms with Crippen molar-refractivity contribution in [3.8, 4) is 5.75 Å². The standard InChI is InChI=1S/C26H24N2O3/c1-16-7-5-9-20(14-16)28-25(29)23(22-12-11-17(2)13-18(22)3)24(26(28)30)27-19-8-6-10-21(15-19)31-4/h5-15,27H,1-4H3. The Bertz CT molecular complexity index is 1230. The Morgan fingerprint density at radius 3 is 2.26 bits per heavy atom. The summed E-state index contributed by atoms with van der Waals surface area (Å²) in [6.07, 6.45) is 0. The number of carbonyl (C=O) groups is 2. The molecule has 0 saturated heterocycles. The van der Waals surface area contributed by atoms with Gasteiger partial charge in [0.1, 0.15) is 11.4 Å². The highest BCUT2D eigenvalue weighted by Gasteiger charge is 2.40. The molecule has 0 spiro atoms. The van der Waals surface area contributed by atoms with Crippen LogP contribution in [0.2, 0.25) is 0 Å². The van der Waals surface area contributed by atoms with Crippen LogP contribution in [0.4, 0.5) is 11.4 Å². The number of amides is 2. The number of ether oxygens (including phenoxy) is 1. The molecule has 1 heterocycles. The zero-order valence-electron chi connectivity index (χ0n) is 18.0. The summed E-state index contributed by atoms with van der Waals surface area (Å²) in [5.74, 6) is -0.0627. The van der Waals surface area contributed by atoms with Crippen molar-refractivity contribution in [3.05, 3.63) is 94.7 Å². The van der Waals surface area contributed by atoms with Crippen LogP contribution in [-0.2, 0) is 9.59 Å². The van der Waals surface area contributed by atoms with Crippen molar-refractivity contribution < 1.29 is 14.3 Å². The lowest BCUT2D eigenvalue weighted by Crippen LogP contribution is -2.32. The van der Waals surface area contributed by atoms with Crippen molar-refractivity contribution in [2.24, 2.45) is 0 Å². The Morgan fingerprint density at radius 1 is 0.806 bits per heavy atom. The third kappa shape index (κ3) is 3.82. The molecule has 0 fully saturated rings. The largest absolute Gasteiger partial charge is 0.497 e. The van der Waals surface area contributed by atoms with E-state index >= 15 is 0 Å². The zero-order chi connectivity index (χ0) is 22.1. The maximum absolute atomic E-state index is 13.6. The van der Waals surface area contributed by atoms with Gasteiger partial charge in [-0.3, -0.25) is 9.59 Å². The number of nitrogens with zero attached hydrogens (tertiary/aromatic N) is 1. The molecule has 4 rings (SSSR count). The molecule has 1 aliphatic heterocycles. The van der Waals surface area contributed by atoms with E-state index in [2.05, 4.69) is 5.32 Å². The summed E-state index contributed by atoms with van der Waals surface area (Å²) in [5, 5.41) is 3.19. The topological polar surface area (TPSA) is 58.6 Å². The van der Waals surface area contributed by atoms with Crippen LogP contribution in [0.5, 0.6) is 5.75 Å². The molecule has 3 aromatic carbocycles. The number of methoxy groups -OCH3 is 1. The smallest absolute Gasteiger partial charge is 0.282 e. The number of nitrogens with one attached hydrogen (secondary N) is 1. The van der Waals surface area contributed by atoms with E-state index < -0.39 is 0 Å². The van der Waals surface area contributed by atoms with E-state index in [-0.39, 0.29) is 17.5 Å². The van der Waals surface area contributed by atoms with Crippen LogP contribution < -0.4 is 15.0 Å². The SMILES string of the molecule is COc1cccc(NC2=C(c3ccc(C)cc3C)C(=O)N(c3cccc(C)c3)C2=O)c1. The minimum atomic E-state index is -0.381. The lowest BCUT2D eigenvalue weighted by molar-refractivity contribution is -0.120. The van der Waals surface area contributed by atoms with Gasteiger partial charge in [-0.2, -0.15) is 0 Å². The highest BCUT2D eigenvalue weighted by molar-refractivity contribution is 6.46. The van der Waals surface area contributed by atoms with E-state index in [1.54, 1.807) is 19.2 Å². The molecule has 0 radical (unpaired) electrons. The molecule has 1 aliphatic rings. The van der Waals surface area contributed by atoms with Crippen LogP contribution in [0.1, 0.15) is 22.3 Å². The van der Waals surface area contributed by atoms with Crippen LogP contribution in [0.15, 0.2) is 72.4 Å². The number of carbonyl (C=O) groups excluding carboxylic acids is 2. The molecule has 0 saturated carbocycles. The first-order valence-corrected chi connectivity index (χ1v) is 10.1. The summed E-state index contributed by atoms with van der Waals surface area (Å²) in [4.78, 5) is 28.3. The summed E-state index contributed by atoms with van der Waals surface area (Å²) in [6.45, 7) is 5.88. The molecule has 0 aliphatic carbocycles. The van der Waals surface area contributed by atoms with Gasteiger partial charge in [-0.15, -0.1) is 0 Å². The Kier molecular flexibility index (Phi) is 5.34. The number of rotatable bonds is 5. The van der Waals surface area contributed by atoms with Gasteiger partial charge in [0.2, 0.25) is 0 Å².